The number of rotatable bonds is 1. The van der Waals surface area contributed by atoms with E-state index < -0.39 is 0 Å². The predicted octanol–water partition coefficient (Wildman–Crippen LogP) is 0.886. The first-order valence-electron chi connectivity index (χ1n) is 2.94. The Morgan fingerprint density at radius 3 is 3.18 bits per heavy atom. The summed E-state index contributed by atoms with van der Waals surface area (Å²) >= 11 is 2.00. The molecule has 2 heterocycles. The molecule has 0 saturated heterocycles. The van der Waals surface area contributed by atoms with Crippen LogP contribution in [0.25, 0.3) is 5.78 Å². The van der Waals surface area contributed by atoms with E-state index in [0.29, 0.717) is 11.7 Å². The Morgan fingerprint density at radius 1 is 1.45 bits per heavy atom. The molecule has 0 aliphatic heterocycles. The van der Waals surface area contributed by atoms with Gasteiger partial charge in [-0.1, -0.05) is 0 Å². The molecule has 5 nitrogen and oxygen atoms in total. The summed E-state index contributed by atoms with van der Waals surface area (Å²) in [6, 6.07) is 1.83. The minimum absolute atomic E-state index is 0.603. The van der Waals surface area contributed by atoms with E-state index in [-0.39, 0.29) is 0 Å². The van der Waals surface area contributed by atoms with Crippen LogP contribution in [0.1, 0.15) is 0 Å². The summed E-state index contributed by atoms with van der Waals surface area (Å²) in [5.41, 5.74) is 0. The zero-order valence-corrected chi connectivity index (χ0v) is 7.56. The van der Waals surface area contributed by atoms with E-state index in [0.717, 1.165) is 0 Å². The van der Waals surface area contributed by atoms with Gasteiger partial charge in [-0.25, -0.2) is 4.98 Å². The predicted molar refractivity (Wildman–Crippen MR) is 48.4 cm³/mol. The molecule has 0 atom stereocenters. The lowest BCUT2D eigenvalue weighted by Gasteiger charge is -1.92. The summed E-state index contributed by atoms with van der Waals surface area (Å²) in [5.74, 6) is 1.29. The molecule has 0 spiro atoms. The lowest BCUT2D eigenvalue weighted by Crippen LogP contribution is -1.90. The van der Waals surface area contributed by atoms with Crippen LogP contribution in [0.4, 0.5) is 5.95 Å². The zero-order chi connectivity index (χ0) is 7.68. The van der Waals surface area contributed by atoms with Crippen molar-refractivity contribution in [2.24, 2.45) is 0 Å². The largest absolute Gasteiger partial charge is 0.297 e. The molecule has 0 amide bonds. The Kier molecular flexibility index (Phi) is 1.60. The molecule has 6 heteroatoms. The molecule has 0 aromatic carbocycles. The molecule has 0 radical (unpaired) electrons. The van der Waals surface area contributed by atoms with Crippen molar-refractivity contribution in [1.29, 1.82) is 0 Å². The second-order valence-electron chi connectivity index (χ2n) is 1.91. The van der Waals surface area contributed by atoms with Crippen molar-refractivity contribution in [2.75, 3.05) is 3.53 Å². The van der Waals surface area contributed by atoms with Crippen molar-refractivity contribution in [3.63, 3.8) is 0 Å². The van der Waals surface area contributed by atoms with Crippen LogP contribution in [0, 0.1) is 0 Å². The van der Waals surface area contributed by atoms with E-state index in [2.05, 4.69) is 18.7 Å². The van der Waals surface area contributed by atoms with E-state index in [1.165, 1.54) is 0 Å². The molecular weight excluding hydrogens is 257 g/mol. The van der Waals surface area contributed by atoms with Gasteiger partial charge in [0.15, 0.2) is 0 Å². The highest BCUT2D eigenvalue weighted by molar-refractivity contribution is 14.1. The molecule has 11 heavy (non-hydrogen) atoms. The number of anilines is 1. The van der Waals surface area contributed by atoms with E-state index in [9.17, 15) is 0 Å². The van der Waals surface area contributed by atoms with Crippen LogP contribution in [-0.4, -0.2) is 19.6 Å². The summed E-state index contributed by atoms with van der Waals surface area (Å²) in [6.45, 7) is 0. The molecule has 0 unspecified atom stereocenters. The Bertz CT molecular complexity index is 370. The lowest BCUT2D eigenvalue weighted by atomic mass is 10.7. The molecule has 2 aromatic rings. The maximum atomic E-state index is 4.00. The van der Waals surface area contributed by atoms with Crippen molar-refractivity contribution in [3.05, 3.63) is 18.5 Å². The highest BCUT2D eigenvalue weighted by Gasteiger charge is 2.01. The fraction of sp³-hybridized carbons (Fsp3) is 0. The first-order chi connectivity index (χ1) is 5.42. The minimum atomic E-state index is 0.603. The first-order valence-corrected chi connectivity index (χ1v) is 4.02. The topological polar surface area (TPSA) is 55.1 Å². The molecule has 2 rings (SSSR count). The summed E-state index contributed by atoms with van der Waals surface area (Å²) in [4.78, 5) is 4.00. The summed E-state index contributed by atoms with van der Waals surface area (Å²) in [6.07, 6.45) is 3.53. The lowest BCUT2D eigenvalue weighted by molar-refractivity contribution is 1.10. The third-order valence-corrected chi connectivity index (χ3v) is 1.76. The molecule has 0 saturated carbocycles. The van der Waals surface area contributed by atoms with Crippen LogP contribution in [0.3, 0.4) is 0 Å². The molecule has 0 fully saturated rings. The molecule has 56 valence electrons. The average molecular weight is 261 g/mol. The van der Waals surface area contributed by atoms with E-state index in [1.807, 2.05) is 35.1 Å². The number of nitrogens with one attached hydrogen (secondary N) is 1. The monoisotopic (exact) mass is 261 g/mol. The van der Waals surface area contributed by atoms with Gasteiger partial charge in [-0.15, -0.1) is 10.2 Å². The highest BCUT2D eigenvalue weighted by Crippen LogP contribution is 2.05. The third-order valence-electron chi connectivity index (χ3n) is 1.27. The van der Waals surface area contributed by atoms with Crippen LogP contribution >= 0.6 is 22.9 Å². The SMILES string of the molecule is INc1nnc2ncccn12. The zero-order valence-electron chi connectivity index (χ0n) is 5.40. The number of hydrogen-bond donors (Lipinski definition) is 1. The Labute approximate surface area is 76.3 Å². The third kappa shape index (κ3) is 1.02. The van der Waals surface area contributed by atoms with Gasteiger partial charge >= 0.3 is 0 Å². The van der Waals surface area contributed by atoms with Crippen LogP contribution in [0.5, 0.6) is 0 Å². The average Bonchev–Trinajstić information content (AvgIpc) is 2.47. The fourth-order valence-corrected chi connectivity index (χ4v) is 1.17. The van der Waals surface area contributed by atoms with E-state index >= 15 is 0 Å². The van der Waals surface area contributed by atoms with Crippen molar-refractivity contribution >= 4 is 34.6 Å². The quantitative estimate of drug-likeness (QED) is 0.611. The highest BCUT2D eigenvalue weighted by atomic mass is 127. The number of nitrogens with zero attached hydrogens (tertiary/aromatic N) is 4. The number of fused-ring (bicyclic) bond motifs is 1. The molecular formula is C5H4IN5. The van der Waals surface area contributed by atoms with Crippen LogP contribution in [0.15, 0.2) is 18.5 Å². The van der Waals surface area contributed by atoms with Crippen LogP contribution in [-0.2, 0) is 0 Å². The maximum absolute atomic E-state index is 4.00. The van der Waals surface area contributed by atoms with Gasteiger partial charge in [0.05, 0.1) is 22.9 Å². The Balaban J connectivity index is 2.76. The molecule has 0 aliphatic rings. The summed E-state index contributed by atoms with van der Waals surface area (Å²) in [5, 5.41) is 7.67. The van der Waals surface area contributed by atoms with Crippen molar-refractivity contribution in [2.45, 2.75) is 0 Å². The number of halogens is 1. The fourth-order valence-electron chi connectivity index (χ4n) is 0.807. The normalized spacial score (nSPS) is 10.3. The second kappa shape index (κ2) is 2.61. The Morgan fingerprint density at radius 2 is 2.36 bits per heavy atom. The standard InChI is InChI=1S/C5H4IN5/c6-8-5-10-9-4-7-2-1-3-11(4)5/h1-3H,(H,8,10). The van der Waals surface area contributed by atoms with Gasteiger partial charge in [-0.2, -0.15) is 0 Å². The van der Waals surface area contributed by atoms with Gasteiger partial charge < -0.3 is 0 Å². The van der Waals surface area contributed by atoms with Crippen LogP contribution in [0.2, 0.25) is 0 Å². The van der Waals surface area contributed by atoms with E-state index in [4.69, 9.17) is 0 Å². The van der Waals surface area contributed by atoms with Crippen molar-refractivity contribution in [1.82, 2.24) is 19.6 Å². The van der Waals surface area contributed by atoms with Gasteiger partial charge in [-0.05, 0) is 6.07 Å². The smallest absolute Gasteiger partial charge is 0.256 e. The van der Waals surface area contributed by atoms with Gasteiger partial charge in [0.2, 0.25) is 5.95 Å². The molecule has 1 N–H and O–H groups in total. The van der Waals surface area contributed by atoms with Gasteiger partial charge in [0.1, 0.15) is 0 Å². The van der Waals surface area contributed by atoms with Gasteiger partial charge in [-0.3, -0.25) is 7.93 Å². The molecule has 0 bridgehead atoms. The van der Waals surface area contributed by atoms with Crippen LogP contribution < -0.4 is 3.53 Å². The van der Waals surface area contributed by atoms with Crippen molar-refractivity contribution < 1.29 is 0 Å². The molecule has 2 aromatic heterocycles. The van der Waals surface area contributed by atoms with Gasteiger partial charge in [0.25, 0.3) is 5.78 Å². The number of aromatic nitrogens is 4. The second-order valence-corrected chi connectivity index (χ2v) is 2.45. The maximum Gasteiger partial charge on any atom is 0.256 e. The first kappa shape index (κ1) is 6.77. The molecule has 0 aliphatic carbocycles. The number of hydrogen-bond acceptors (Lipinski definition) is 4. The van der Waals surface area contributed by atoms with Crippen molar-refractivity contribution in [3.8, 4) is 0 Å². The summed E-state index contributed by atoms with van der Waals surface area (Å²) < 4.78 is 4.64. The van der Waals surface area contributed by atoms with E-state index in [1.54, 1.807) is 10.6 Å². The summed E-state index contributed by atoms with van der Waals surface area (Å²) in [7, 11) is 0. The van der Waals surface area contributed by atoms with Gasteiger partial charge in [0, 0.05) is 12.4 Å². The minimum Gasteiger partial charge on any atom is -0.297 e. The Hall–Kier alpha value is -0.920.